The lowest BCUT2D eigenvalue weighted by Crippen LogP contribution is -2.08. The maximum absolute atomic E-state index is 11.3. The normalized spacial score (nSPS) is 10.3. The summed E-state index contributed by atoms with van der Waals surface area (Å²) in [5.41, 5.74) is -0.725. The molecule has 0 spiro atoms. The highest BCUT2D eigenvalue weighted by atomic mass is 32.2. The van der Waals surface area contributed by atoms with Crippen molar-refractivity contribution in [3.05, 3.63) is 56.0 Å². The van der Waals surface area contributed by atoms with Crippen LogP contribution < -0.4 is 5.56 Å². The molecule has 21 heavy (non-hydrogen) atoms. The molecule has 0 aliphatic heterocycles. The molecular weight excluding hydrogens is 298 g/mol. The van der Waals surface area contributed by atoms with Crippen LogP contribution in [-0.2, 0) is 0 Å². The van der Waals surface area contributed by atoms with Crippen molar-refractivity contribution >= 4 is 23.4 Å². The maximum atomic E-state index is 11.3. The molecule has 0 unspecified atom stereocenters. The van der Waals surface area contributed by atoms with Gasteiger partial charge in [-0.2, -0.15) is 0 Å². The number of carboxylic acid groups (broad SMARTS) is 1. The lowest BCUT2D eigenvalue weighted by Gasteiger charge is -2.03. The van der Waals surface area contributed by atoms with Crippen molar-refractivity contribution in [2.45, 2.75) is 17.0 Å². The third-order valence-corrected chi connectivity index (χ3v) is 3.34. The lowest BCUT2D eigenvalue weighted by atomic mass is 10.2. The largest absolute Gasteiger partial charge is 0.477 e. The Bertz CT molecular complexity index is 787. The van der Waals surface area contributed by atoms with Crippen molar-refractivity contribution in [2.24, 2.45) is 0 Å². The summed E-state index contributed by atoms with van der Waals surface area (Å²) in [6.45, 7) is 1.65. The average molecular weight is 307 g/mol. The van der Waals surface area contributed by atoms with Crippen molar-refractivity contribution in [3.63, 3.8) is 0 Å². The zero-order chi connectivity index (χ0) is 15.6. The van der Waals surface area contributed by atoms with Gasteiger partial charge in [0.15, 0.2) is 5.16 Å². The Balaban J connectivity index is 2.41. The van der Waals surface area contributed by atoms with E-state index in [1.807, 2.05) is 0 Å². The number of hydrogen-bond donors (Lipinski definition) is 2. The molecule has 1 aromatic carbocycles. The first-order chi connectivity index (χ1) is 9.86. The number of hydrogen-bond acceptors (Lipinski definition) is 6. The summed E-state index contributed by atoms with van der Waals surface area (Å²) in [5, 5.41) is 20.1. The molecule has 0 amide bonds. The van der Waals surface area contributed by atoms with Crippen LogP contribution in [0.4, 0.5) is 5.69 Å². The standard InChI is InChI=1S/C12H9N3O5S/c1-6-4-10(16)14-12(13-6)21-7-2-3-8(11(17)18)9(5-7)15(19)20/h2-5H,1H3,(H,17,18)(H,13,14,16). The van der Waals surface area contributed by atoms with Gasteiger partial charge >= 0.3 is 5.97 Å². The molecule has 0 aliphatic carbocycles. The second kappa shape index (κ2) is 5.75. The molecule has 1 heterocycles. The van der Waals surface area contributed by atoms with Crippen LogP contribution in [0.25, 0.3) is 0 Å². The van der Waals surface area contributed by atoms with E-state index in [1.165, 1.54) is 12.1 Å². The van der Waals surface area contributed by atoms with E-state index in [0.29, 0.717) is 10.6 Å². The number of nitrogens with one attached hydrogen (secondary N) is 1. The van der Waals surface area contributed by atoms with Crippen molar-refractivity contribution in [3.8, 4) is 0 Å². The molecule has 1 aromatic heterocycles. The molecule has 0 saturated heterocycles. The fourth-order valence-electron chi connectivity index (χ4n) is 1.62. The first-order valence-electron chi connectivity index (χ1n) is 5.64. The lowest BCUT2D eigenvalue weighted by molar-refractivity contribution is -0.385. The predicted molar refractivity (Wildman–Crippen MR) is 73.8 cm³/mol. The van der Waals surface area contributed by atoms with Crippen LogP contribution in [0.15, 0.2) is 39.1 Å². The molecular formula is C12H9N3O5S. The molecule has 0 bridgehead atoms. The zero-order valence-electron chi connectivity index (χ0n) is 10.7. The number of aromatic carboxylic acids is 1. The van der Waals surface area contributed by atoms with Gasteiger partial charge in [-0.15, -0.1) is 0 Å². The predicted octanol–water partition coefficient (Wildman–Crippen LogP) is 1.84. The second-order valence-electron chi connectivity index (χ2n) is 4.04. The van der Waals surface area contributed by atoms with Gasteiger partial charge in [-0.25, -0.2) is 9.78 Å². The molecule has 0 atom stereocenters. The quantitative estimate of drug-likeness (QED) is 0.501. The van der Waals surface area contributed by atoms with Crippen molar-refractivity contribution in [2.75, 3.05) is 0 Å². The number of carbonyl (C=O) groups is 1. The Kier molecular flexibility index (Phi) is 4.03. The van der Waals surface area contributed by atoms with Gasteiger partial charge in [0.25, 0.3) is 11.2 Å². The number of aryl methyl sites for hydroxylation is 1. The number of H-pyrrole nitrogens is 1. The molecule has 9 heteroatoms. The van der Waals surface area contributed by atoms with E-state index in [1.54, 1.807) is 6.92 Å². The van der Waals surface area contributed by atoms with Crippen LogP contribution in [0.1, 0.15) is 16.1 Å². The Morgan fingerprint density at radius 1 is 1.43 bits per heavy atom. The van der Waals surface area contributed by atoms with Crippen LogP contribution >= 0.6 is 11.8 Å². The summed E-state index contributed by atoms with van der Waals surface area (Å²) < 4.78 is 0. The summed E-state index contributed by atoms with van der Waals surface area (Å²) in [4.78, 5) is 39.4. The molecule has 108 valence electrons. The van der Waals surface area contributed by atoms with Crippen LogP contribution in [0, 0.1) is 17.0 Å². The number of rotatable bonds is 4. The van der Waals surface area contributed by atoms with E-state index >= 15 is 0 Å². The number of aromatic amines is 1. The third kappa shape index (κ3) is 3.45. The van der Waals surface area contributed by atoms with Gasteiger partial charge in [-0.1, -0.05) is 11.8 Å². The molecule has 0 saturated carbocycles. The third-order valence-electron chi connectivity index (χ3n) is 2.46. The summed E-state index contributed by atoms with van der Waals surface area (Å²) in [6.07, 6.45) is 0. The monoisotopic (exact) mass is 307 g/mol. The zero-order valence-corrected chi connectivity index (χ0v) is 11.5. The molecule has 0 fully saturated rings. The highest BCUT2D eigenvalue weighted by Crippen LogP contribution is 2.29. The average Bonchev–Trinajstić information content (AvgIpc) is 2.36. The summed E-state index contributed by atoms with van der Waals surface area (Å²) >= 11 is 1.00. The molecule has 2 aromatic rings. The van der Waals surface area contributed by atoms with E-state index in [0.717, 1.165) is 23.9 Å². The van der Waals surface area contributed by atoms with Crippen LogP contribution in [-0.4, -0.2) is 26.0 Å². The van der Waals surface area contributed by atoms with E-state index in [4.69, 9.17) is 5.11 Å². The van der Waals surface area contributed by atoms with Crippen molar-refractivity contribution in [1.29, 1.82) is 0 Å². The second-order valence-corrected chi connectivity index (χ2v) is 5.10. The molecule has 8 nitrogen and oxygen atoms in total. The number of nitro benzene ring substituents is 1. The van der Waals surface area contributed by atoms with Crippen molar-refractivity contribution in [1.82, 2.24) is 9.97 Å². The molecule has 2 rings (SSSR count). The summed E-state index contributed by atoms with van der Waals surface area (Å²) in [5.74, 6) is -1.37. The van der Waals surface area contributed by atoms with E-state index in [2.05, 4.69) is 9.97 Å². The number of nitro groups is 1. The van der Waals surface area contributed by atoms with Crippen LogP contribution in [0.3, 0.4) is 0 Å². The van der Waals surface area contributed by atoms with Gasteiger partial charge in [-0.05, 0) is 19.1 Å². The SMILES string of the molecule is Cc1cc(=O)[nH]c(Sc2ccc(C(=O)O)c([N+](=O)[O-])c2)n1. The Morgan fingerprint density at radius 2 is 2.14 bits per heavy atom. The van der Waals surface area contributed by atoms with Gasteiger partial charge in [0, 0.05) is 22.7 Å². The minimum Gasteiger partial charge on any atom is -0.477 e. The smallest absolute Gasteiger partial charge is 0.342 e. The Morgan fingerprint density at radius 3 is 2.71 bits per heavy atom. The van der Waals surface area contributed by atoms with Gasteiger partial charge in [0.05, 0.1) is 4.92 Å². The minimum atomic E-state index is -1.37. The molecule has 0 aliphatic rings. The first-order valence-corrected chi connectivity index (χ1v) is 6.46. The van der Waals surface area contributed by atoms with Crippen LogP contribution in [0.2, 0.25) is 0 Å². The van der Waals surface area contributed by atoms with Crippen LogP contribution in [0.5, 0.6) is 0 Å². The van der Waals surface area contributed by atoms with Gasteiger partial charge in [0.2, 0.25) is 0 Å². The van der Waals surface area contributed by atoms with E-state index < -0.39 is 22.1 Å². The number of aromatic nitrogens is 2. The highest BCUT2D eigenvalue weighted by molar-refractivity contribution is 7.99. The first kappa shape index (κ1) is 14.7. The van der Waals surface area contributed by atoms with E-state index in [-0.39, 0.29) is 10.7 Å². The summed E-state index contributed by atoms with van der Waals surface area (Å²) in [7, 11) is 0. The van der Waals surface area contributed by atoms with E-state index in [9.17, 15) is 19.7 Å². The van der Waals surface area contributed by atoms with Gasteiger partial charge in [0.1, 0.15) is 5.56 Å². The number of benzene rings is 1. The fraction of sp³-hybridized carbons (Fsp3) is 0.0833. The highest BCUT2D eigenvalue weighted by Gasteiger charge is 2.20. The number of carboxylic acids is 1. The fourth-order valence-corrected chi connectivity index (χ4v) is 2.49. The molecule has 2 N–H and O–H groups in total. The Labute approximate surface area is 122 Å². The van der Waals surface area contributed by atoms with Crippen molar-refractivity contribution < 1.29 is 14.8 Å². The topological polar surface area (TPSA) is 126 Å². The van der Waals surface area contributed by atoms with Gasteiger partial charge in [-0.3, -0.25) is 14.9 Å². The number of nitrogens with zero attached hydrogens (tertiary/aromatic N) is 2. The maximum Gasteiger partial charge on any atom is 0.342 e. The minimum absolute atomic E-state index is 0.275. The van der Waals surface area contributed by atoms with Gasteiger partial charge < -0.3 is 10.1 Å². The molecule has 0 radical (unpaired) electrons. The summed E-state index contributed by atoms with van der Waals surface area (Å²) in [6, 6.07) is 5.02. The Hall–Kier alpha value is -2.68.